The van der Waals surface area contributed by atoms with Gasteiger partial charge < -0.3 is 15.4 Å². The molecule has 0 bridgehead atoms. The van der Waals surface area contributed by atoms with Crippen LogP contribution in [0.15, 0.2) is 67.0 Å². The zero-order valence-corrected chi connectivity index (χ0v) is 16.8. The first-order valence-corrected chi connectivity index (χ1v) is 9.78. The van der Waals surface area contributed by atoms with Crippen LogP contribution in [0, 0.1) is 0 Å². The number of carbonyl (C=O) groups is 1. The molecule has 0 radical (unpaired) electrons. The molecule has 2 aromatic carbocycles. The van der Waals surface area contributed by atoms with E-state index in [1.54, 1.807) is 12.1 Å². The lowest BCUT2D eigenvalue weighted by atomic mass is 10.1. The lowest BCUT2D eigenvalue weighted by molar-refractivity contribution is 0.102. The summed E-state index contributed by atoms with van der Waals surface area (Å²) in [5, 5.41) is 6.02. The zero-order chi connectivity index (χ0) is 20.5. The highest BCUT2D eigenvalue weighted by Gasteiger charge is 2.08. The van der Waals surface area contributed by atoms with Gasteiger partial charge in [0, 0.05) is 24.6 Å². The van der Waals surface area contributed by atoms with Gasteiger partial charge in [0.15, 0.2) is 0 Å². The van der Waals surface area contributed by atoms with Gasteiger partial charge in [-0.05, 0) is 56.5 Å². The van der Waals surface area contributed by atoms with Crippen molar-refractivity contribution in [2.24, 2.45) is 0 Å². The third-order valence-corrected chi connectivity index (χ3v) is 4.17. The molecule has 0 aliphatic rings. The number of amides is 1. The van der Waals surface area contributed by atoms with Gasteiger partial charge in [-0.15, -0.1) is 0 Å². The van der Waals surface area contributed by atoms with Gasteiger partial charge in [-0.1, -0.05) is 30.3 Å². The summed E-state index contributed by atoms with van der Waals surface area (Å²) in [5.74, 6) is 1.03. The maximum atomic E-state index is 12.4. The smallest absolute Gasteiger partial charge is 0.258 e. The van der Waals surface area contributed by atoms with Crippen molar-refractivity contribution >= 4 is 17.5 Å². The van der Waals surface area contributed by atoms with Crippen LogP contribution < -0.4 is 15.4 Å². The summed E-state index contributed by atoms with van der Waals surface area (Å²) < 4.78 is 5.60. The summed E-state index contributed by atoms with van der Waals surface area (Å²) in [5.41, 5.74) is 2.41. The number of aromatic nitrogens is 2. The third-order valence-electron chi connectivity index (χ3n) is 4.17. The number of benzene rings is 2. The number of nitrogens with one attached hydrogen (secondary N) is 2. The van der Waals surface area contributed by atoms with Gasteiger partial charge in [-0.2, -0.15) is 0 Å². The molecule has 1 aromatic heterocycles. The summed E-state index contributed by atoms with van der Waals surface area (Å²) in [7, 11) is 0. The fourth-order valence-corrected chi connectivity index (χ4v) is 2.77. The molecular weight excluding hydrogens is 364 g/mol. The van der Waals surface area contributed by atoms with Gasteiger partial charge in [0.2, 0.25) is 5.95 Å². The molecule has 0 fully saturated rings. The summed E-state index contributed by atoms with van der Waals surface area (Å²) in [6, 6.07) is 17.6. The van der Waals surface area contributed by atoms with Gasteiger partial charge in [0.1, 0.15) is 5.75 Å². The standard InChI is InChI=1S/C23H26N4O2/c1-17(2)29-21-12-10-20(11-13-21)27-22(28)19-15-25-23(26-16-19)24-14-6-9-18-7-4-3-5-8-18/h3-5,7-8,10-13,15-17H,6,9,14H2,1-2H3,(H,27,28)(H,24,25,26). The molecule has 1 amide bonds. The number of hydrogen-bond donors (Lipinski definition) is 2. The molecular formula is C23H26N4O2. The molecule has 0 saturated carbocycles. The van der Waals surface area contributed by atoms with E-state index in [0.717, 1.165) is 25.1 Å². The number of nitrogens with zero attached hydrogens (tertiary/aromatic N) is 2. The van der Waals surface area contributed by atoms with E-state index in [1.165, 1.54) is 18.0 Å². The van der Waals surface area contributed by atoms with Crippen molar-refractivity contribution < 1.29 is 9.53 Å². The average Bonchev–Trinajstić information content (AvgIpc) is 2.73. The number of carbonyl (C=O) groups excluding carboxylic acids is 1. The first-order chi connectivity index (χ1) is 14.1. The van der Waals surface area contributed by atoms with Gasteiger partial charge in [0.05, 0.1) is 11.7 Å². The van der Waals surface area contributed by atoms with E-state index in [1.807, 2.05) is 44.2 Å². The van der Waals surface area contributed by atoms with Crippen molar-refractivity contribution in [2.45, 2.75) is 32.8 Å². The molecule has 1 heterocycles. The molecule has 6 heteroatoms. The topological polar surface area (TPSA) is 76.1 Å². The van der Waals surface area contributed by atoms with Gasteiger partial charge in [0.25, 0.3) is 5.91 Å². The summed E-state index contributed by atoms with van der Waals surface area (Å²) >= 11 is 0. The molecule has 2 N–H and O–H groups in total. The van der Waals surface area contributed by atoms with Crippen molar-refractivity contribution in [1.29, 1.82) is 0 Å². The van der Waals surface area contributed by atoms with Crippen LogP contribution in [0.1, 0.15) is 36.2 Å². The highest BCUT2D eigenvalue weighted by Crippen LogP contribution is 2.17. The lowest BCUT2D eigenvalue weighted by Crippen LogP contribution is -2.14. The normalized spacial score (nSPS) is 10.6. The van der Waals surface area contributed by atoms with E-state index in [0.29, 0.717) is 17.2 Å². The van der Waals surface area contributed by atoms with Crippen molar-refractivity contribution in [2.75, 3.05) is 17.2 Å². The van der Waals surface area contributed by atoms with Crippen molar-refractivity contribution in [3.05, 3.63) is 78.1 Å². The van der Waals surface area contributed by atoms with E-state index in [-0.39, 0.29) is 12.0 Å². The molecule has 3 rings (SSSR count). The predicted octanol–water partition coefficient (Wildman–Crippen LogP) is 4.56. The molecule has 3 aromatic rings. The minimum Gasteiger partial charge on any atom is -0.491 e. The van der Waals surface area contributed by atoms with E-state index in [2.05, 4.69) is 32.7 Å². The van der Waals surface area contributed by atoms with Gasteiger partial charge >= 0.3 is 0 Å². The number of aryl methyl sites for hydroxylation is 1. The summed E-state index contributed by atoms with van der Waals surface area (Å²) in [6.45, 7) is 4.71. The lowest BCUT2D eigenvalue weighted by Gasteiger charge is -2.10. The van der Waals surface area contributed by atoms with Crippen molar-refractivity contribution in [3.63, 3.8) is 0 Å². The first-order valence-electron chi connectivity index (χ1n) is 9.78. The predicted molar refractivity (Wildman–Crippen MR) is 115 cm³/mol. The molecule has 0 saturated heterocycles. The molecule has 29 heavy (non-hydrogen) atoms. The Bertz CT molecular complexity index is 894. The first kappa shape index (κ1) is 20.3. The largest absolute Gasteiger partial charge is 0.491 e. The van der Waals surface area contributed by atoms with Crippen LogP contribution in [0.5, 0.6) is 5.75 Å². The molecule has 0 aliphatic heterocycles. The highest BCUT2D eigenvalue weighted by atomic mass is 16.5. The maximum absolute atomic E-state index is 12.4. The molecule has 0 atom stereocenters. The Balaban J connectivity index is 1.45. The van der Waals surface area contributed by atoms with Crippen LogP contribution in [0.3, 0.4) is 0 Å². The van der Waals surface area contributed by atoms with Crippen LogP contribution in [-0.4, -0.2) is 28.5 Å². The molecule has 0 spiro atoms. The molecule has 150 valence electrons. The van der Waals surface area contributed by atoms with Crippen molar-refractivity contribution in [1.82, 2.24) is 9.97 Å². The second kappa shape index (κ2) is 10.2. The minimum atomic E-state index is -0.252. The molecule has 0 unspecified atom stereocenters. The zero-order valence-electron chi connectivity index (χ0n) is 16.8. The number of hydrogen-bond acceptors (Lipinski definition) is 5. The van der Waals surface area contributed by atoms with Crippen LogP contribution in [0.4, 0.5) is 11.6 Å². The Morgan fingerprint density at radius 2 is 1.69 bits per heavy atom. The number of ether oxygens (including phenoxy) is 1. The van der Waals surface area contributed by atoms with Crippen LogP contribution >= 0.6 is 0 Å². The second-order valence-electron chi connectivity index (χ2n) is 6.96. The highest BCUT2D eigenvalue weighted by molar-refractivity contribution is 6.03. The van der Waals surface area contributed by atoms with Crippen molar-refractivity contribution in [3.8, 4) is 5.75 Å². The maximum Gasteiger partial charge on any atom is 0.258 e. The van der Waals surface area contributed by atoms with Gasteiger partial charge in [-0.3, -0.25) is 4.79 Å². The quantitative estimate of drug-likeness (QED) is 0.524. The molecule has 6 nitrogen and oxygen atoms in total. The number of rotatable bonds is 9. The summed E-state index contributed by atoms with van der Waals surface area (Å²) in [4.78, 5) is 20.8. The number of anilines is 2. The Morgan fingerprint density at radius 1 is 1.00 bits per heavy atom. The summed E-state index contributed by atoms with van der Waals surface area (Å²) in [6.07, 6.45) is 5.13. The van der Waals surface area contributed by atoms with Crippen LogP contribution in [0.25, 0.3) is 0 Å². The Hall–Kier alpha value is -3.41. The average molecular weight is 390 g/mol. The fraction of sp³-hybridized carbons (Fsp3) is 0.261. The Labute approximate surface area is 171 Å². The van der Waals surface area contributed by atoms with Gasteiger partial charge in [-0.25, -0.2) is 9.97 Å². The molecule has 0 aliphatic carbocycles. The Morgan fingerprint density at radius 3 is 2.34 bits per heavy atom. The van der Waals surface area contributed by atoms with E-state index < -0.39 is 0 Å². The van der Waals surface area contributed by atoms with Crippen LogP contribution in [0.2, 0.25) is 0 Å². The van der Waals surface area contributed by atoms with E-state index in [9.17, 15) is 4.79 Å². The fourth-order valence-electron chi connectivity index (χ4n) is 2.77. The SMILES string of the molecule is CC(C)Oc1ccc(NC(=O)c2cnc(NCCCc3ccccc3)nc2)cc1. The minimum absolute atomic E-state index is 0.109. The monoisotopic (exact) mass is 390 g/mol. The third kappa shape index (κ3) is 6.60. The van der Waals surface area contributed by atoms with E-state index in [4.69, 9.17) is 4.74 Å². The van der Waals surface area contributed by atoms with E-state index >= 15 is 0 Å². The van der Waals surface area contributed by atoms with Crippen LogP contribution in [-0.2, 0) is 6.42 Å². The second-order valence-corrected chi connectivity index (χ2v) is 6.96. The Kier molecular flexibility index (Phi) is 7.16.